The van der Waals surface area contributed by atoms with Gasteiger partial charge in [0.25, 0.3) is 0 Å². The molecule has 5 aromatic carbocycles. The lowest BCUT2D eigenvalue weighted by Gasteiger charge is -2.31. The van der Waals surface area contributed by atoms with Crippen LogP contribution in [0, 0.1) is 12.8 Å². The van der Waals surface area contributed by atoms with Crippen molar-refractivity contribution >= 4 is 17.1 Å². The monoisotopic (exact) mass is 555 g/mol. The Kier molecular flexibility index (Phi) is 7.10. The SMILES string of the molecule is C=C1/C(=C(\c2ccccc2C)N(c2ccc(-c3ccccc3)cc2)c2cccc(-c3ccccc3)c2)OC2C=CC=CC12. The molecule has 5 aromatic rings. The lowest BCUT2D eigenvalue weighted by atomic mass is 9.91. The van der Waals surface area contributed by atoms with Crippen molar-refractivity contribution in [1.82, 2.24) is 0 Å². The lowest BCUT2D eigenvalue weighted by molar-refractivity contribution is 0.185. The predicted octanol–water partition coefficient (Wildman–Crippen LogP) is 10.5. The molecule has 1 heterocycles. The maximum Gasteiger partial charge on any atom is 0.148 e. The minimum absolute atomic E-state index is 0.0653. The largest absolute Gasteiger partial charge is 0.483 e. The molecule has 0 bridgehead atoms. The van der Waals surface area contributed by atoms with Crippen LogP contribution in [-0.4, -0.2) is 6.10 Å². The van der Waals surface area contributed by atoms with E-state index in [0.29, 0.717) is 0 Å². The highest BCUT2D eigenvalue weighted by Crippen LogP contribution is 2.46. The minimum Gasteiger partial charge on any atom is -0.483 e. The molecule has 0 saturated carbocycles. The van der Waals surface area contributed by atoms with Crippen molar-refractivity contribution < 1.29 is 4.74 Å². The van der Waals surface area contributed by atoms with Gasteiger partial charge in [-0.3, -0.25) is 0 Å². The first-order chi connectivity index (χ1) is 21.2. The van der Waals surface area contributed by atoms with Crippen LogP contribution in [0.3, 0.4) is 0 Å². The molecule has 2 heteroatoms. The van der Waals surface area contributed by atoms with E-state index in [0.717, 1.165) is 39.5 Å². The summed E-state index contributed by atoms with van der Waals surface area (Å²) < 4.78 is 6.78. The van der Waals surface area contributed by atoms with Gasteiger partial charge < -0.3 is 9.64 Å². The van der Waals surface area contributed by atoms with Crippen LogP contribution >= 0.6 is 0 Å². The first kappa shape index (κ1) is 26.6. The van der Waals surface area contributed by atoms with Crippen molar-refractivity contribution in [1.29, 1.82) is 0 Å². The van der Waals surface area contributed by atoms with Crippen LogP contribution in [0.25, 0.3) is 28.0 Å². The molecule has 0 spiro atoms. The molecule has 1 aliphatic carbocycles. The Balaban J connectivity index is 1.46. The van der Waals surface area contributed by atoms with Crippen molar-refractivity contribution in [2.45, 2.75) is 13.0 Å². The zero-order valence-corrected chi connectivity index (χ0v) is 24.2. The van der Waals surface area contributed by atoms with E-state index < -0.39 is 0 Å². The normalized spacial score (nSPS) is 18.2. The number of aryl methyl sites for hydroxylation is 1. The third-order valence-electron chi connectivity index (χ3n) is 8.32. The molecule has 0 aromatic heterocycles. The maximum absolute atomic E-state index is 6.78. The van der Waals surface area contributed by atoms with E-state index >= 15 is 0 Å². The van der Waals surface area contributed by atoms with Gasteiger partial charge in [0.15, 0.2) is 0 Å². The predicted molar refractivity (Wildman–Crippen MR) is 180 cm³/mol. The topological polar surface area (TPSA) is 12.5 Å². The summed E-state index contributed by atoms with van der Waals surface area (Å²) in [7, 11) is 0. The molecule has 2 atom stereocenters. The Morgan fingerprint density at radius 1 is 0.605 bits per heavy atom. The number of anilines is 2. The number of hydrogen-bond acceptors (Lipinski definition) is 2. The third kappa shape index (κ3) is 5.13. The summed E-state index contributed by atoms with van der Waals surface area (Å²) in [5.41, 5.74) is 11.1. The fraction of sp³-hybridized carbons (Fsp3) is 0.0732. The smallest absolute Gasteiger partial charge is 0.148 e. The summed E-state index contributed by atoms with van der Waals surface area (Å²) in [6, 6.07) is 47.2. The van der Waals surface area contributed by atoms with E-state index in [4.69, 9.17) is 4.74 Å². The van der Waals surface area contributed by atoms with Crippen LogP contribution in [0.5, 0.6) is 0 Å². The fourth-order valence-corrected chi connectivity index (χ4v) is 6.06. The Hall–Kier alpha value is -5.34. The van der Waals surface area contributed by atoms with Crippen molar-refractivity contribution in [3.05, 3.63) is 187 Å². The number of benzene rings is 5. The summed E-state index contributed by atoms with van der Waals surface area (Å²) in [6.45, 7) is 6.75. The molecule has 2 nitrogen and oxygen atoms in total. The quantitative estimate of drug-likeness (QED) is 0.207. The van der Waals surface area contributed by atoms with Gasteiger partial charge in [0.05, 0.1) is 5.70 Å². The summed E-state index contributed by atoms with van der Waals surface area (Å²) in [5, 5.41) is 0. The van der Waals surface area contributed by atoms with Gasteiger partial charge in [-0.1, -0.05) is 134 Å². The Labute approximate surface area is 254 Å². The van der Waals surface area contributed by atoms with E-state index in [1.807, 2.05) is 0 Å². The average molecular weight is 556 g/mol. The van der Waals surface area contributed by atoms with Crippen LogP contribution < -0.4 is 4.90 Å². The van der Waals surface area contributed by atoms with E-state index in [1.54, 1.807) is 0 Å². The second kappa shape index (κ2) is 11.5. The number of fused-ring (bicyclic) bond motifs is 1. The molecule has 1 saturated heterocycles. The van der Waals surface area contributed by atoms with E-state index in [1.165, 1.54) is 22.3 Å². The van der Waals surface area contributed by atoms with Crippen molar-refractivity contribution in [3.63, 3.8) is 0 Å². The van der Waals surface area contributed by atoms with Gasteiger partial charge in [0.1, 0.15) is 11.9 Å². The first-order valence-corrected chi connectivity index (χ1v) is 14.8. The number of hydrogen-bond donors (Lipinski definition) is 0. The van der Waals surface area contributed by atoms with Gasteiger partial charge in [-0.2, -0.15) is 0 Å². The Morgan fingerprint density at radius 2 is 1.21 bits per heavy atom. The third-order valence-corrected chi connectivity index (χ3v) is 8.32. The maximum atomic E-state index is 6.78. The van der Waals surface area contributed by atoms with E-state index in [9.17, 15) is 0 Å². The van der Waals surface area contributed by atoms with E-state index in [2.05, 4.69) is 176 Å². The lowest BCUT2D eigenvalue weighted by Crippen LogP contribution is -2.19. The van der Waals surface area contributed by atoms with Crippen molar-refractivity contribution in [2.75, 3.05) is 4.90 Å². The number of allylic oxidation sites excluding steroid dienone is 3. The number of nitrogens with zero attached hydrogens (tertiary/aromatic N) is 1. The highest BCUT2D eigenvalue weighted by atomic mass is 16.5. The van der Waals surface area contributed by atoms with Gasteiger partial charge in [-0.05, 0) is 65.1 Å². The van der Waals surface area contributed by atoms with Crippen LogP contribution in [-0.2, 0) is 4.74 Å². The zero-order valence-electron chi connectivity index (χ0n) is 24.2. The standard InChI is InChI=1S/C41H33NO/c1-29-14-9-10-21-37(29)40(41-30(2)38-22-11-12-23-39(38)43-41)42(35-26-24-33(25-27-35)31-15-5-3-6-16-31)36-20-13-19-34(28-36)32-17-7-4-8-18-32/h3-28,38-39H,2H2,1H3/b41-40-. The molecule has 1 aliphatic heterocycles. The Morgan fingerprint density at radius 3 is 1.91 bits per heavy atom. The van der Waals surface area contributed by atoms with Gasteiger partial charge in [-0.15, -0.1) is 0 Å². The summed E-state index contributed by atoms with van der Waals surface area (Å²) in [5.74, 6) is 0.940. The van der Waals surface area contributed by atoms with Gasteiger partial charge in [0, 0.05) is 28.4 Å². The molecule has 0 radical (unpaired) electrons. The molecule has 0 N–H and O–H groups in total. The van der Waals surface area contributed by atoms with Crippen LogP contribution in [0.15, 0.2) is 176 Å². The Bertz CT molecular complexity index is 1860. The average Bonchev–Trinajstić information content (AvgIpc) is 3.40. The molecule has 7 rings (SSSR count). The first-order valence-electron chi connectivity index (χ1n) is 14.8. The fourth-order valence-electron chi connectivity index (χ4n) is 6.06. The number of rotatable bonds is 6. The zero-order chi connectivity index (χ0) is 29.2. The summed E-state index contributed by atoms with van der Waals surface area (Å²) >= 11 is 0. The van der Waals surface area contributed by atoms with E-state index in [-0.39, 0.29) is 12.0 Å². The molecule has 0 amide bonds. The number of ether oxygens (including phenoxy) is 1. The van der Waals surface area contributed by atoms with Gasteiger partial charge in [0.2, 0.25) is 0 Å². The second-order valence-corrected chi connectivity index (χ2v) is 11.1. The molecule has 1 fully saturated rings. The summed E-state index contributed by atoms with van der Waals surface area (Å²) in [4.78, 5) is 2.34. The highest BCUT2D eigenvalue weighted by Gasteiger charge is 2.37. The molecular weight excluding hydrogens is 522 g/mol. The van der Waals surface area contributed by atoms with Crippen LogP contribution in [0.2, 0.25) is 0 Å². The molecule has 208 valence electrons. The summed E-state index contributed by atoms with van der Waals surface area (Å²) in [6.07, 6.45) is 8.42. The van der Waals surface area contributed by atoms with Crippen LogP contribution in [0.4, 0.5) is 11.4 Å². The second-order valence-electron chi connectivity index (χ2n) is 11.1. The minimum atomic E-state index is -0.0653. The molecule has 2 unspecified atom stereocenters. The highest BCUT2D eigenvalue weighted by molar-refractivity contribution is 5.92. The van der Waals surface area contributed by atoms with Crippen LogP contribution in [0.1, 0.15) is 11.1 Å². The molecule has 43 heavy (non-hydrogen) atoms. The van der Waals surface area contributed by atoms with Crippen molar-refractivity contribution in [2.24, 2.45) is 5.92 Å². The molecule has 2 aliphatic rings. The van der Waals surface area contributed by atoms with Crippen molar-refractivity contribution in [3.8, 4) is 22.3 Å². The van der Waals surface area contributed by atoms with Gasteiger partial charge >= 0.3 is 0 Å². The van der Waals surface area contributed by atoms with Gasteiger partial charge in [-0.25, -0.2) is 0 Å². The molecular formula is C41H33NO.